The van der Waals surface area contributed by atoms with E-state index < -0.39 is 0 Å². The number of benzene rings is 1. The number of aromatic nitrogens is 1. The topological polar surface area (TPSA) is 64.4 Å². The van der Waals surface area contributed by atoms with Gasteiger partial charge in [0.25, 0.3) is 5.91 Å². The van der Waals surface area contributed by atoms with E-state index in [4.69, 9.17) is 9.26 Å². The molecule has 1 heterocycles. The average Bonchev–Trinajstić information content (AvgIpc) is 2.88. The zero-order valence-electron chi connectivity index (χ0n) is 12.0. The van der Waals surface area contributed by atoms with Crippen molar-refractivity contribution in [2.45, 2.75) is 26.2 Å². The number of aryl methyl sites for hydroxylation is 1. The second-order valence-electron chi connectivity index (χ2n) is 5.43. The zero-order chi connectivity index (χ0) is 14.7. The van der Waals surface area contributed by atoms with E-state index in [2.05, 4.69) is 17.4 Å². The average molecular weight is 286 g/mol. The first-order valence-corrected chi connectivity index (χ1v) is 7.17. The molecule has 110 valence electrons. The molecule has 1 atom stereocenters. The van der Waals surface area contributed by atoms with Crippen molar-refractivity contribution in [3.05, 3.63) is 41.6 Å². The number of hydrogen-bond acceptors (Lipinski definition) is 4. The van der Waals surface area contributed by atoms with Gasteiger partial charge in [0.05, 0.1) is 5.69 Å². The number of anilines is 1. The van der Waals surface area contributed by atoms with Gasteiger partial charge in [0.15, 0.2) is 6.61 Å². The third-order valence-corrected chi connectivity index (χ3v) is 3.66. The highest BCUT2D eigenvalue weighted by Gasteiger charge is 2.24. The predicted molar refractivity (Wildman–Crippen MR) is 78.3 cm³/mol. The Balaban J connectivity index is 1.59. The van der Waals surface area contributed by atoms with Gasteiger partial charge in [-0.15, -0.1) is 0 Å². The van der Waals surface area contributed by atoms with E-state index in [0.717, 1.165) is 30.5 Å². The van der Waals surface area contributed by atoms with Crippen molar-refractivity contribution < 1.29 is 14.1 Å². The molecular weight excluding hydrogens is 268 g/mol. The zero-order valence-corrected chi connectivity index (χ0v) is 12.0. The third-order valence-electron chi connectivity index (χ3n) is 3.66. The summed E-state index contributed by atoms with van der Waals surface area (Å²) in [5.74, 6) is 1.49. The molecule has 0 saturated heterocycles. The molecule has 5 nitrogen and oxygen atoms in total. The Hall–Kier alpha value is -2.30. The Bertz CT molecular complexity index is 622. The summed E-state index contributed by atoms with van der Waals surface area (Å²) in [6, 6.07) is 9.24. The number of carbonyl (C=O) groups is 1. The molecule has 0 radical (unpaired) electrons. The van der Waals surface area contributed by atoms with Gasteiger partial charge in [-0.05, 0) is 37.3 Å². The number of ether oxygens (including phenoxy) is 1. The number of nitrogens with one attached hydrogen (secondary N) is 1. The predicted octanol–water partition coefficient (Wildman–Crippen LogP) is 2.82. The molecule has 1 aliphatic carbocycles. The van der Waals surface area contributed by atoms with Gasteiger partial charge >= 0.3 is 0 Å². The molecule has 1 aromatic carbocycles. The van der Waals surface area contributed by atoms with Crippen molar-refractivity contribution in [2.75, 3.05) is 11.9 Å². The molecule has 0 unspecified atom stereocenters. The molecule has 0 bridgehead atoms. The maximum atomic E-state index is 11.9. The fourth-order valence-electron chi connectivity index (χ4n) is 2.51. The van der Waals surface area contributed by atoms with Crippen LogP contribution in [0.1, 0.15) is 24.6 Å². The van der Waals surface area contributed by atoms with E-state index in [1.807, 2.05) is 30.3 Å². The van der Waals surface area contributed by atoms with Gasteiger partial charge in [-0.3, -0.25) is 10.1 Å². The third kappa shape index (κ3) is 3.24. The number of rotatable bonds is 4. The van der Waals surface area contributed by atoms with Crippen molar-refractivity contribution in [3.63, 3.8) is 0 Å². The summed E-state index contributed by atoms with van der Waals surface area (Å²) >= 11 is 0. The Morgan fingerprint density at radius 1 is 1.43 bits per heavy atom. The minimum absolute atomic E-state index is 0.0466. The molecule has 1 aliphatic rings. The lowest BCUT2D eigenvalue weighted by Gasteiger charge is -2.16. The van der Waals surface area contributed by atoms with Crippen molar-refractivity contribution in [1.29, 1.82) is 0 Å². The maximum Gasteiger partial charge on any atom is 0.264 e. The molecule has 21 heavy (non-hydrogen) atoms. The smallest absolute Gasteiger partial charge is 0.264 e. The molecule has 0 aliphatic heterocycles. The number of fused-ring (bicyclic) bond motifs is 1. The summed E-state index contributed by atoms with van der Waals surface area (Å²) in [6.45, 7) is 2.15. The molecule has 1 aromatic heterocycles. The quantitative estimate of drug-likeness (QED) is 0.938. The number of para-hydroxylation sites is 1. The van der Waals surface area contributed by atoms with Gasteiger partial charge in [-0.1, -0.05) is 30.3 Å². The number of carbonyl (C=O) groups excluding carboxylic acids is 1. The van der Waals surface area contributed by atoms with Crippen molar-refractivity contribution >= 4 is 11.8 Å². The first-order valence-electron chi connectivity index (χ1n) is 7.17. The summed E-state index contributed by atoms with van der Waals surface area (Å²) in [5, 5.41) is 6.78. The summed E-state index contributed by atoms with van der Waals surface area (Å²) in [7, 11) is 0. The highest BCUT2D eigenvalue weighted by molar-refractivity contribution is 5.91. The molecule has 0 fully saturated rings. The highest BCUT2D eigenvalue weighted by atomic mass is 16.5. The first kappa shape index (κ1) is 13.7. The fourth-order valence-corrected chi connectivity index (χ4v) is 2.51. The Kier molecular flexibility index (Phi) is 3.90. The normalized spacial score (nSPS) is 17.1. The van der Waals surface area contributed by atoms with Gasteiger partial charge in [-0.25, -0.2) is 0 Å². The lowest BCUT2D eigenvalue weighted by Crippen LogP contribution is -2.21. The van der Waals surface area contributed by atoms with Crippen LogP contribution < -0.4 is 10.1 Å². The van der Waals surface area contributed by atoms with Gasteiger partial charge in [0.2, 0.25) is 5.88 Å². The molecular formula is C16H18N2O3. The van der Waals surface area contributed by atoms with E-state index in [-0.39, 0.29) is 12.5 Å². The minimum Gasteiger partial charge on any atom is -0.484 e. The van der Waals surface area contributed by atoms with Crippen LogP contribution in [0.2, 0.25) is 0 Å². The fraction of sp³-hybridized carbons (Fsp3) is 0.375. The lowest BCUT2D eigenvalue weighted by molar-refractivity contribution is -0.118. The van der Waals surface area contributed by atoms with Crippen LogP contribution >= 0.6 is 0 Å². The molecule has 2 aromatic rings. The van der Waals surface area contributed by atoms with Crippen LogP contribution in [0.25, 0.3) is 0 Å². The number of nitrogens with zero attached hydrogens (tertiary/aromatic N) is 1. The maximum absolute atomic E-state index is 11.9. The standard InChI is InChI=1S/C16H18N2O3/c1-11-7-8-14-13(9-11)16(21-18-14)17-15(19)10-20-12-5-3-2-4-6-12/h2-6,11H,7-10H2,1H3,(H,17,19)/t11-/m1/s1. The van der Waals surface area contributed by atoms with E-state index in [1.165, 1.54) is 0 Å². The molecule has 0 spiro atoms. The molecule has 1 N–H and O–H groups in total. The van der Waals surface area contributed by atoms with Crippen molar-refractivity contribution in [3.8, 4) is 5.75 Å². The van der Waals surface area contributed by atoms with Crippen LogP contribution in [0.3, 0.4) is 0 Å². The van der Waals surface area contributed by atoms with Crippen LogP contribution in [0.4, 0.5) is 5.88 Å². The molecule has 1 amide bonds. The highest BCUT2D eigenvalue weighted by Crippen LogP contribution is 2.30. The van der Waals surface area contributed by atoms with E-state index in [1.54, 1.807) is 0 Å². The van der Waals surface area contributed by atoms with Crippen LogP contribution in [-0.4, -0.2) is 17.7 Å². The second kappa shape index (κ2) is 5.99. The summed E-state index contributed by atoms with van der Waals surface area (Å²) in [5.41, 5.74) is 1.99. The van der Waals surface area contributed by atoms with E-state index in [0.29, 0.717) is 17.6 Å². The molecule has 3 rings (SSSR count). The SMILES string of the molecule is C[C@@H]1CCc2noc(NC(=O)COc3ccccc3)c2C1. The van der Waals surface area contributed by atoms with Crippen LogP contribution in [-0.2, 0) is 17.6 Å². The van der Waals surface area contributed by atoms with Crippen LogP contribution in [0.15, 0.2) is 34.9 Å². The van der Waals surface area contributed by atoms with E-state index in [9.17, 15) is 4.79 Å². The molecule has 0 saturated carbocycles. The largest absolute Gasteiger partial charge is 0.484 e. The van der Waals surface area contributed by atoms with Crippen molar-refractivity contribution in [2.24, 2.45) is 5.92 Å². The van der Waals surface area contributed by atoms with Gasteiger partial charge in [0.1, 0.15) is 5.75 Å². The Labute approximate surface area is 123 Å². The Morgan fingerprint density at radius 2 is 2.24 bits per heavy atom. The Morgan fingerprint density at radius 3 is 3.05 bits per heavy atom. The van der Waals surface area contributed by atoms with Gasteiger partial charge in [-0.2, -0.15) is 0 Å². The minimum atomic E-state index is -0.240. The van der Waals surface area contributed by atoms with Crippen molar-refractivity contribution in [1.82, 2.24) is 5.16 Å². The van der Waals surface area contributed by atoms with Gasteiger partial charge < -0.3 is 9.26 Å². The lowest BCUT2D eigenvalue weighted by atomic mass is 9.89. The first-order chi connectivity index (χ1) is 10.2. The molecule has 5 heteroatoms. The summed E-state index contributed by atoms with van der Waals surface area (Å²) in [4.78, 5) is 11.9. The second-order valence-corrected chi connectivity index (χ2v) is 5.43. The number of hydrogen-bond donors (Lipinski definition) is 1. The number of amides is 1. The monoisotopic (exact) mass is 286 g/mol. The van der Waals surface area contributed by atoms with Crippen LogP contribution in [0, 0.1) is 5.92 Å². The van der Waals surface area contributed by atoms with E-state index >= 15 is 0 Å². The summed E-state index contributed by atoms with van der Waals surface area (Å²) < 4.78 is 10.7. The van der Waals surface area contributed by atoms with Gasteiger partial charge in [0, 0.05) is 5.56 Å². The van der Waals surface area contributed by atoms with Crippen LogP contribution in [0.5, 0.6) is 5.75 Å². The summed E-state index contributed by atoms with van der Waals surface area (Å²) in [6.07, 6.45) is 2.93.